The van der Waals surface area contributed by atoms with Gasteiger partial charge < -0.3 is 4.74 Å². The highest BCUT2D eigenvalue weighted by Gasteiger charge is 2.23. The van der Waals surface area contributed by atoms with Crippen molar-refractivity contribution in [1.29, 1.82) is 5.26 Å². The Morgan fingerprint density at radius 1 is 1.40 bits per heavy atom. The van der Waals surface area contributed by atoms with Crippen LogP contribution in [0.15, 0.2) is 18.2 Å². The lowest BCUT2D eigenvalue weighted by atomic mass is 10.1. The maximum atomic E-state index is 9.15. The molecular weight excluding hydrogens is 268 g/mol. The van der Waals surface area contributed by atoms with Crippen molar-refractivity contribution in [2.45, 2.75) is 31.6 Å². The van der Waals surface area contributed by atoms with Gasteiger partial charge in [-0.25, -0.2) is 0 Å². The van der Waals surface area contributed by atoms with Crippen LogP contribution < -0.4 is 4.74 Å². The zero-order valence-electron chi connectivity index (χ0n) is 12.5. The third-order valence-electron chi connectivity index (χ3n) is 3.72. The van der Waals surface area contributed by atoms with Crippen molar-refractivity contribution >= 4 is 11.8 Å². The second-order valence-electron chi connectivity index (χ2n) is 5.78. The maximum absolute atomic E-state index is 9.15. The van der Waals surface area contributed by atoms with E-state index in [9.17, 15) is 0 Å². The molecule has 1 aliphatic heterocycles. The molecule has 0 saturated carbocycles. The molecule has 0 spiro atoms. The summed E-state index contributed by atoms with van der Waals surface area (Å²) in [5.74, 6) is 1.83. The van der Waals surface area contributed by atoms with Gasteiger partial charge in [-0.3, -0.25) is 4.90 Å². The molecular formula is C16H22N2OS. The van der Waals surface area contributed by atoms with Crippen LogP contribution in [0.1, 0.15) is 31.4 Å². The summed E-state index contributed by atoms with van der Waals surface area (Å²) < 4.78 is 5.57. The predicted molar refractivity (Wildman–Crippen MR) is 84.1 cm³/mol. The molecule has 1 aliphatic rings. The predicted octanol–water partition coefficient (Wildman–Crippen LogP) is 3.28. The van der Waals surface area contributed by atoms with E-state index in [4.69, 9.17) is 10.00 Å². The molecule has 0 N–H and O–H groups in total. The molecule has 3 nitrogen and oxygen atoms in total. The van der Waals surface area contributed by atoms with E-state index < -0.39 is 0 Å². The van der Waals surface area contributed by atoms with Crippen molar-refractivity contribution < 1.29 is 4.74 Å². The Morgan fingerprint density at radius 3 is 2.90 bits per heavy atom. The fraction of sp³-hybridized carbons (Fsp3) is 0.562. The van der Waals surface area contributed by atoms with E-state index >= 15 is 0 Å². The molecule has 4 heteroatoms. The lowest BCUT2D eigenvalue weighted by molar-refractivity contribution is 0.276. The first-order chi connectivity index (χ1) is 9.54. The van der Waals surface area contributed by atoms with Gasteiger partial charge in [0.15, 0.2) is 0 Å². The maximum Gasteiger partial charge on any atom is 0.136 e. The van der Waals surface area contributed by atoms with E-state index in [1.807, 2.05) is 12.1 Å². The van der Waals surface area contributed by atoms with E-state index in [1.165, 1.54) is 17.7 Å². The largest absolute Gasteiger partial charge is 0.495 e. The van der Waals surface area contributed by atoms with E-state index in [2.05, 4.69) is 42.6 Å². The zero-order chi connectivity index (χ0) is 14.6. The first-order valence-corrected chi connectivity index (χ1v) is 7.96. The summed E-state index contributed by atoms with van der Waals surface area (Å²) >= 11 is 2.06. The molecule has 1 aromatic carbocycles. The van der Waals surface area contributed by atoms with Crippen molar-refractivity contribution in [3.05, 3.63) is 29.3 Å². The van der Waals surface area contributed by atoms with Crippen molar-refractivity contribution in [1.82, 2.24) is 4.90 Å². The van der Waals surface area contributed by atoms with Crippen molar-refractivity contribution in [3.8, 4) is 11.8 Å². The number of nitrogens with zero attached hydrogens (tertiary/aromatic N) is 2. The van der Waals surface area contributed by atoms with Crippen LogP contribution in [0.25, 0.3) is 0 Å². The minimum absolute atomic E-state index is 0.381. The van der Waals surface area contributed by atoms with Gasteiger partial charge >= 0.3 is 0 Å². The van der Waals surface area contributed by atoms with Gasteiger partial charge in [0.25, 0.3) is 0 Å². The van der Waals surface area contributed by atoms with Crippen LogP contribution in [-0.4, -0.2) is 35.6 Å². The van der Waals surface area contributed by atoms with Crippen LogP contribution in [0, 0.1) is 11.3 Å². The van der Waals surface area contributed by atoms with E-state index in [1.54, 1.807) is 7.11 Å². The smallest absolute Gasteiger partial charge is 0.136 e. The van der Waals surface area contributed by atoms with Crippen molar-refractivity contribution in [2.24, 2.45) is 0 Å². The topological polar surface area (TPSA) is 36.3 Å². The average Bonchev–Trinajstić information content (AvgIpc) is 2.60. The highest BCUT2D eigenvalue weighted by atomic mass is 32.2. The van der Waals surface area contributed by atoms with Gasteiger partial charge in [-0.1, -0.05) is 19.9 Å². The molecule has 20 heavy (non-hydrogen) atoms. The summed E-state index contributed by atoms with van der Waals surface area (Å²) in [7, 11) is 1.60. The fourth-order valence-electron chi connectivity index (χ4n) is 2.42. The Balaban J connectivity index is 2.05. The third-order valence-corrected chi connectivity index (χ3v) is 5.09. The molecule has 0 bridgehead atoms. The molecule has 1 fully saturated rings. The SMILES string of the molecule is COc1ccc(CN2CCSC(C)(C)CC2)cc1C#N. The van der Waals surface area contributed by atoms with Crippen molar-refractivity contribution in [2.75, 3.05) is 26.0 Å². The van der Waals surface area contributed by atoms with Gasteiger partial charge in [0.1, 0.15) is 11.8 Å². The van der Waals surface area contributed by atoms with Crippen LogP contribution in [0.4, 0.5) is 0 Å². The lowest BCUT2D eigenvalue weighted by Crippen LogP contribution is -2.26. The van der Waals surface area contributed by atoms with Gasteiger partial charge in [0.2, 0.25) is 0 Å². The zero-order valence-corrected chi connectivity index (χ0v) is 13.3. The molecule has 0 aliphatic carbocycles. The average molecular weight is 290 g/mol. The summed E-state index contributed by atoms with van der Waals surface area (Å²) in [6.45, 7) is 7.79. The van der Waals surface area contributed by atoms with Gasteiger partial charge in [-0.05, 0) is 30.7 Å². The minimum atomic E-state index is 0.381. The molecule has 2 rings (SSSR count). The summed E-state index contributed by atoms with van der Waals surface area (Å²) in [4.78, 5) is 2.48. The van der Waals surface area contributed by atoms with Crippen molar-refractivity contribution in [3.63, 3.8) is 0 Å². The highest BCUT2D eigenvalue weighted by Crippen LogP contribution is 2.31. The number of nitriles is 1. The second kappa shape index (κ2) is 6.51. The Hall–Kier alpha value is -1.18. The first kappa shape index (κ1) is 15.2. The molecule has 0 atom stereocenters. The molecule has 1 aromatic rings. The number of rotatable bonds is 3. The summed E-state index contributed by atoms with van der Waals surface area (Å²) in [5, 5.41) is 9.15. The van der Waals surface area contributed by atoms with Crippen LogP contribution >= 0.6 is 11.8 Å². The summed E-state index contributed by atoms with van der Waals surface area (Å²) in [6.07, 6.45) is 1.21. The molecule has 0 amide bonds. The number of ether oxygens (including phenoxy) is 1. The minimum Gasteiger partial charge on any atom is -0.495 e. The third kappa shape index (κ3) is 3.91. The molecule has 0 radical (unpaired) electrons. The number of thioether (sulfide) groups is 1. The number of benzene rings is 1. The van der Waals surface area contributed by atoms with Crippen LogP contribution in [0.2, 0.25) is 0 Å². The monoisotopic (exact) mass is 290 g/mol. The normalized spacial score (nSPS) is 19.1. The van der Waals surface area contributed by atoms with E-state index in [-0.39, 0.29) is 0 Å². The van der Waals surface area contributed by atoms with E-state index in [0.717, 1.165) is 19.6 Å². The molecule has 1 heterocycles. The fourth-order valence-corrected chi connectivity index (χ4v) is 3.56. The summed E-state index contributed by atoms with van der Waals surface area (Å²) in [5.41, 5.74) is 1.81. The molecule has 0 unspecified atom stereocenters. The molecule has 1 saturated heterocycles. The van der Waals surface area contributed by atoms with Crippen LogP contribution in [0.3, 0.4) is 0 Å². The van der Waals surface area contributed by atoms with Crippen LogP contribution in [0.5, 0.6) is 5.75 Å². The van der Waals surface area contributed by atoms with Crippen LogP contribution in [-0.2, 0) is 6.54 Å². The van der Waals surface area contributed by atoms with Gasteiger partial charge in [0.05, 0.1) is 12.7 Å². The second-order valence-corrected chi connectivity index (χ2v) is 7.58. The summed E-state index contributed by atoms with van der Waals surface area (Å²) in [6, 6.07) is 8.10. The van der Waals surface area contributed by atoms with Gasteiger partial charge in [-0.2, -0.15) is 17.0 Å². The molecule has 0 aromatic heterocycles. The quantitative estimate of drug-likeness (QED) is 0.856. The lowest BCUT2D eigenvalue weighted by Gasteiger charge is -2.22. The first-order valence-electron chi connectivity index (χ1n) is 6.97. The number of hydrogen-bond acceptors (Lipinski definition) is 4. The Bertz CT molecular complexity index is 508. The van der Waals surface area contributed by atoms with Gasteiger partial charge in [-0.15, -0.1) is 0 Å². The standard InChI is InChI=1S/C16H22N2OS/c1-16(2)6-7-18(8-9-20-16)12-13-4-5-15(19-3)14(10-13)11-17/h4-5,10H,6-9,12H2,1-3H3. The number of methoxy groups -OCH3 is 1. The van der Waals surface area contributed by atoms with E-state index in [0.29, 0.717) is 16.1 Å². The van der Waals surface area contributed by atoms with Gasteiger partial charge in [0, 0.05) is 23.6 Å². The Labute approximate surface area is 125 Å². The Morgan fingerprint density at radius 2 is 2.20 bits per heavy atom. The highest BCUT2D eigenvalue weighted by molar-refractivity contribution is 8.00. The number of hydrogen-bond donors (Lipinski definition) is 0. The Kier molecular flexibility index (Phi) is 4.95. The molecule has 108 valence electrons.